The van der Waals surface area contributed by atoms with Crippen molar-refractivity contribution in [2.45, 2.75) is 13.0 Å². The van der Waals surface area contributed by atoms with Gasteiger partial charge < -0.3 is 5.32 Å². The number of amides is 1. The van der Waals surface area contributed by atoms with Gasteiger partial charge in [-0.2, -0.15) is 0 Å². The zero-order valence-electron chi connectivity index (χ0n) is 14.1. The van der Waals surface area contributed by atoms with E-state index in [0.717, 1.165) is 10.4 Å². The maximum Gasteiger partial charge on any atom is 0.238 e. The van der Waals surface area contributed by atoms with Crippen LogP contribution in [-0.4, -0.2) is 12.5 Å². The molecule has 1 aromatic heterocycles. The largest absolute Gasteiger partial charge is 0.324 e. The van der Waals surface area contributed by atoms with Crippen molar-refractivity contribution in [2.24, 2.45) is 0 Å². The molecule has 26 heavy (non-hydrogen) atoms. The van der Waals surface area contributed by atoms with Crippen molar-refractivity contribution in [1.82, 2.24) is 5.32 Å². The molecule has 1 heterocycles. The fraction of sp³-hybridized carbons (Fsp3) is 0.150. The third-order valence-electron chi connectivity index (χ3n) is 3.91. The minimum absolute atomic E-state index is 0.0398. The lowest BCUT2D eigenvalue weighted by molar-refractivity contribution is -0.115. The van der Waals surface area contributed by atoms with Crippen LogP contribution in [0.25, 0.3) is 0 Å². The summed E-state index contributed by atoms with van der Waals surface area (Å²) >= 11 is 13.7. The van der Waals surface area contributed by atoms with Gasteiger partial charge in [-0.1, -0.05) is 59.1 Å². The number of nitrogens with one attached hydrogen (secondary N) is 2. The summed E-state index contributed by atoms with van der Waals surface area (Å²) in [6, 6.07) is 17.3. The van der Waals surface area contributed by atoms with Crippen molar-refractivity contribution in [3.05, 3.63) is 86.0 Å². The standard InChI is InChI=1S/C20H18Cl2N2OS/c1-13-4-6-14(7-5-13)20(18-3-2-10-26-18)23-12-19(25)24-17-9-8-15(21)11-16(17)22/h2-11,20,23H,12H2,1H3,(H,24,25)/t20-/m1/s1. The molecule has 1 atom stereocenters. The van der Waals surface area contributed by atoms with Gasteiger partial charge in [-0.3, -0.25) is 10.1 Å². The number of halogens is 2. The second-order valence-electron chi connectivity index (χ2n) is 5.91. The number of thiophene rings is 1. The molecule has 3 aromatic rings. The van der Waals surface area contributed by atoms with Crippen molar-refractivity contribution in [3.8, 4) is 0 Å². The molecule has 0 spiro atoms. The van der Waals surface area contributed by atoms with E-state index in [1.165, 1.54) is 5.56 Å². The van der Waals surface area contributed by atoms with Gasteiger partial charge >= 0.3 is 0 Å². The Balaban J connectivity index is 1.69. The van der Waals surface area contributed by atoms with E-state index in [-0.39, 0.29) is 18.5 Å². The van der Waals surface area contributed by atoms with Gasteiger partial charge in [-0.25, -0.2) is 0 Å². The van der Waals surface area contributed by atoms with E-state index in [1.807, 2.05) is 11.4 Å². The molecule has 0 saturated heterocycles. The summed E-state index contributed by atoms with van der Waals surface area (Å²) in [6.45, 7) is 2.22. The van der Waals surface area contributed by atoms with E-state index >= 15 is 0 Å². The van der Waals surface area contributed by atoms with Crippen LogP contribution in [-0.2, 0) is 4.79 Å². The summed E-state index contributed by atoms with van der Waals surface area (Å²) < 4.78 is 0. The highest BCUT2D eigenvalue weighted by molar-refractivity contribution is 7.10. The highest BCUT2D eigenvalue weighted by Crippen LogP contribution is 2.27. The molecule has 6 heteroatoms. The topological polar surface area (TPSA) is 41.1 Å². The fourth-order valence-electron chi connectivity index (χ4n) is 2.58. The Morgan fingerprint density at radius 1 is 1.12 bits per heavy atom. The molecule has 3 nitrogen and oxygen atoms in total. The molecule has 1 amide bonds. The number of anilines is 1. The summed E-state index contributed by atoms with van der Waals surface area (Å²) in [6.07, 6.45) is 0. The average Bonchev–Trinajstić information content (AvgIpc) is 3.13. The lowest BCUT2D eigenvalue weighted by Gasteiger charge is -2.18. The van der Waals surface area contributed by atoms with Gasteiger partial charge in [0.05, 0.1) is 23.3 Å². The van der Waals surface area contributed by atoms with Gasteiger partial charge in [0, 0.05) is 9.90 Å². The molecular formula is C20H18Cl2N2OS. The minimum atomic E-state index is -0.164. The number of hydrogen-bond acceptors (Lipinski definition) is 3. The van der Waals surface area contributed by atoms with Gasteiger partial charge in [0.15, 0.2) is 0 Å². The van der Waals surface area contributed by atoms with Gasteiger partial charge in [0.1, 0.15) is 0 Å². The van der Waals surface area contributed by atoms with E-state index in [9.17, 15) is 4.79 Å². The van der Waals surface area contributed by atoms with E-state index < -0.39 is 0 Å². The molecule has 2 N–H and O–H groups in total. The predicted octanol–water partition coefficient (Wildman–Crippen LogP) is 5.68. The molecule has 0 fully saturated rings. The number of benzene rings is 2. The van der Waals surface area contributed by atoms with Crippen LogP contribution >= 0.6 is 34.5 Å². The highest BCUT2D eigenvalue weighted by Gasteiger charge is 2.16. The average molecular weight is 405 g/mol. The van der Waals surface area contributed by atoms with Gasteiger partial charge in [-0.05, 0) is 42.1 Å². The fourth-order valence-corrected chi connectivity index (χ4v) is 3.86. The Morgan fingerprint density at radius 3 is 2.54 bits per heavy atom. The molecular weight excluding hydrogens is 387 g/mol. The van der Waals surface area contributed by atoms with Crippen molar-refractivity contribution in [1.29, 1.82) is 0 Å². The van der Waals surface area contributed by atoms with Crippen LogP contribution in [0.4, 0.5) is 5.69 Å². The van der Waals surface area contributed by atoms with Gasteiger partial charge in [0.25, 0.3) is 0 Å². The molecule has 2 aromatic carbocycles. The molecule has 0 saturated carbocycles. The van der Waals surface area contributed by atoms with Crippen molar-refractivity contribution >= 4 is 46.1 Å². The number of carbonyl (C=O) groups excluding carboxylic acids is 1. The SMILES string of the molecule is Cc1ccc([C@@H](NCC(=O)Nc2ccc(Cl)cc2Cl)c2cccs2)cc1. The number of carbonyl (C=O) groups is 1. The molecule has 0 aliphatic heterocycles. The van der Waals surface area contributed by atoms with Crippen molar-refractivity contribution in [2.75, 3.05) is 11.9 Å². The molecule has 3 rings (SSSR count). The molecule has 134 valence electrons. The van der Waals surface area contributed by atoms with Crippen molar-refractivity contribution < 1.29 is 4.79 Å². The van der Waals surface area contributed by atoms with Crippen LogP contribution in [0.5, 0.6) is 0 Å². The van der Waals surface area contributed by atoms with Crippen LogP contribution in [0.3, 0.4) is 0 Å². The third kappa shape index (κ3) is 4.86. The zero-order valence-corrected chi connectivity index (χ0v) is 16.5. The van der Waals surface area contributed by atoms with Crippen LogP contribution in [0.1, 0.15) is 22.0 Å². The predicted molar refractivity (Wildman–Crippen MR) is 110 cm³/mol. The van der Waals surface area contributed by atoms with E-state index in [1.54, 1.807) is 29.5 Å². The van der Waals surface area contributed by atoms with Crippen LogP contribution in [0.15, 0.2) is 60.0 Å². The lowest BCUT2D eigenvalue weighted by atomic mass is 10.0. The smallest absolute Gasteiger partial charge is 0.238 e. The zero-order chi connectivity index (χ0) is 18.5. The van der Waals surface area contributed by atoms with E-state index in [2.05, 4.69) is 47.9 Å². The second-order valence-corrected chi connectivity index (χ2v) is 7.74. The first kappa shape index (κ1) is 18.9. The first-order chi connectivity index (χ1) is 12.5. The Hall–Kier alpha value is -1.85. The summed E-state index contributed by atoms with van der Waals surface area (Å²) in [5, 5.41) is 9.13. The Morgan fingerprint density at radius 2 is 1.88 bits per heavy atom. The van der Waals surface area contributed by atoms with E-state index in [0.29, 0.717) is 15.7 Å². The number of aryl methyl sites for hydroxylation is 1. The summed E-state index contributed by atoms with van der Waals surface area (Å²) in [7, 11) is 0. The van der Waals surface area contributed by atoms with Crippen molar-refractivity contribution in [3.63, 3.8) is 0 Å². The molecule has 0 aliphatic carbocycles. The van der Waals surface area contributed by atoms with Crippen LogP contribution in [0, 0.1) is 6.92 Å². The second kappa shape index (κ2) is 8.69. The lowest BCUT2D eigenvalue weighted by Crippen LogP contribution is -2.31. The number of rotatable bonds is 6. The molecule has 0 unspecified atom stereocenters. The summed E-state index contributed by atoms with van der Waals surface area (Å²) in [5.74, 6) is -0.164. The van der Waals surface area contributed by atoms with Crippen LogP contribution < -0.4 is 10.6 Å². The highest BCUT2D eigenvalue weighted by atomic mass is 35.5. The normalized spacial score (nSPS) is 12.0. The molecule has 0 aliphatic rings. The Labute approximate surface area is 167 Å². The number of hydrogen-bond donors (Lipinski definition) is 2. The summed E-state index contributed by atoms with van der Waals surface area (Å²) in [4.78, 5) is 13.5. The van der Waals surface area contributed by atoms with Gasteiger partial charge in [0.2, 0.25) is 5.91 Å². The first-order valence-electron chi connectivity index (χ1n) is 8.11. The minimum Gasteiger partial charge on any atom is -0.324 e. The molecule has 0 radical (unpaired) electrons. The maximum atomic E-state index is 12.3. The Kier molecular flexibility index (Phi) is 6.33. The van der Waals surface area contributed by atoms with E-state index in [4.69, 9.17) is 23.2 Å². The quantitative estimate of drug-likeness (QED) is 0.554. The maximum absolute atomic E-state index is 12.3. The first-order valence-corrected chi connectivity index (χ1v) is 9.75. The van der Waals surface area contributed by atoms with Crippen LogP contribution in [0.2, 0.25) is 10.0 Å². The monoisotopic (exact) mass is 404 g/mol. The Bertz CT molecular complexity index is 879. The summed E-state index contributed by atoms with van der Waals surface area (Å²) in [5.41, 5.74) is 2.87. The van der Waals surface area contributed by atoms with Gasteiger partial charge in [-0.15, -0.1) is 11.3 Å². The third-order valence-corrected chi connectivity index (χ3v) is 5.40. The molecule has 0 bridgehead atoms.